The number of sulfonamides is 1. The summed E-state index contributed by atoms with van der Waals surface area (Å²) in [5, 5.41) is 2.73. The molecule has 0 spiro atoms. The van der Waals surface area contributed by atoms with Crippen molar-refractivity contribution >= 4 is 27.7 Å². The number of terminal acetylenes is 1. The number of nitrogens with one attached hydrogen (secondary N) is 1. The predicted molar refractivity (Wildman–Crippen MR) is 115 cm³/mol. The van der Waals surface area contributed by atoms with E-state index in [2.05, 4.69) is 11.2 Å². The molecule has 2 rings (SSSR count). The molecule has 2 aromatic rings. The minimum absolute atomic E-state index is 0.150. The molecule has 7 heteroatoms. The minimum Gasteiger partial charge on any atom is -0.481 e. The fourth-order valence-corrected chi connectivity index (χ4v) is 4.07. The Labute approximate surface area is 172 Å². The zero-order valence-electron chi connectivity index (χ0n) is 16.5. The number of amides is 1. The van der Waals surface area contributed by atoms with E-state index in [1.165, 1.54) is 22.5 Å². The number of carbonyl (C=O) groups is 1. The number of ether oxygens (including phenoxy) is 1. The average molecular weight is 413 g/mol. The fraction of sp³-hybridized carbons (Fsp3) is 0.227. The average Bonchev–Trinajstić information content (AvgIpc) is 2.72. The van der Waals surface area contributed by atoms with E-state index in [0.717, 1.165) is 0 Å². The highest BCUT2D eigenvalue weighted by Gasteiger charge is 2.20. The lowest BCUT2D eigenvalue weighted by molar-refractivity contribution is -0.111. The van der Waals surface area contributed by atoms with Gasteiger partial charge in [-0.2, -0.15) is 4.31 Å². The Morgan fingerprint density at radius 3 is 2.48 bits per heavy atom. The summed E-state index contributed by atoms with van der Waals surface area (Å²) < 4.78 is 31.7. The van der Waals surface area contributed by atoms with E-state index in [4.69, 9.17) is 11.2 Å². The van der Waals surface area contributed by atoms with Crippen molar-refractivity contribution < 1.29 is 17.9 Å². The number of benzene rings is 2. The molecular weight excluding hydrogens is 388 g/mol. The number of carbonyl (C=O) groups excluding carboxylic acids is 1. The van der Waals surface area contributed by atoms with Crippen molar-refractivity contribution in [3.05, 3.63) is 60.2 Å². The smallest absolute Gasteiger partial charge is 0.248 e. The molecule has 0 saturated carbocycles. The topological polar surface area (TPSA) is 75.7 Å². The van der Waals surface area contributed by atoms with Crippen LogP contribution in [-0.2, 0) is 14.8 Å². The molecule has 0 fully saturated rings. The zero-order chi connectivity index (χ0) is 21.3. The Morgan fingerprint density at radius 1 is 1.17 bits per heavy atom. The van der Waals surface area contributed by atoms with Gasteiger partial charge in [-0.3, -0.25) is 4.79 Å². The van der Waals surface area contributed by atoms with Gasteiger partial charge in [-0.25, -0.2) is 8.42 Å². The number of anilines is 1. The molecule has 29 heavy (non-hydrogen) atoms. The van der Waals surface area contributed by atoms with E-state index in [0.29, 0.717) is 30.1 Å². The van der Waals surface area contributed by atoms with E-state index in [9.17, 15) is 13.2 Å². The van der Waals surface area contributed by atoms with Crippen molar-refractivity contribution in [2.75, 3.05) is 25.0 Å². The highest BCUT2D eigenvalue weighted by Crippen LogP contribution is 2.18. The third-order valence-electron chi connectivity index (χ3n) is 4.07. The summed E-state index contributed by atoms with van der Waals surface area (Å²) in [4.78, 5) is 12.4. The highest BCUT2D eigenvalue weighted by molar-refractivity contribution is 7.89. The summed E-state index contributed by atoms with van der Waals surface area (Å²) in [5.74, 6) is 2.62. The summed E-state index contributed by atoms with van der Waals surface area (Å²) in [6, 6.07) is 13.3. The molecule has 152 valence electrons. The normalized spacial score (nSPS) is 11.4. The molecule has 0 saturated heterocycles. The maximum atomic E-state index is 12.5. The van der Waals surface area contributed by atoms with Crippen LogP contribution in [0.3, 0.4) is 0 Å². The van der Waals surface area contributed by atoms with Crippen molar-refractivity contribution in [1.82, 2.24) is 4.31 Å². The molecule has 0 radical (unpaired) electrons. The second-order valence-electron chi connectivity index (χ2n) is 6.00. The fourth-order valence-electron chi connectivity index (χ4n) is 2.61. The first kappa shape index (κ1) is 22.2. The van der Waals surface area contributed by atoms with Crippen LogP contribution >= 0.6 is 0 Å². The number of nitrogens with zero attached hydrogens (tertiary/aromatic N) is 1. The van der Waals surface area contributed by atoms with Gasteiger partial charge in [-0.1, -0.05) is 38.0 Å². The van der Waals surface area contributed by atoms with Crippen molar-refractivity contribution in [1.29, 1.82) is 0 Å². The third-order valence-corrected chi connectivity index (χ3v) is 6.14. The summed E-state index contributed by atoms with van der Waals surface area (Å²) in [7, 11) is -3.49. The maximum Gasteiger partial charge on any atom is 0.248 e. The second-order valence-corrected chi connectivity index (χ2v) is 7.94. The van der Waals surface area contributed by atoms with Crippen LogP contribution in [-0.4, -0.2) is 38.3 Å². The van der Waals surface area contributed by atoms with Crippen molar-refractivity contribution in [3.63, 3.8) is 0 Å². The number of rotatable bonds is 9. The van der Waals surface area contributed by atoms with Gasteiger partial charge in [0, 0.05) is 30.9 Å². The van der Waals surface area contributed by atoms with Crippen molar-refractivity contribution in [3.8, 4) is 18.1 Å². The van der Waals surface area contributed by atoms with Crippen molar-refractivity contribution in [2.45, 2.75) is 18.7 Å². The van der Waals surface area contributed by atoms with Gasteiger partial charge >= 0.3 is 0 Å². The zero-order valence-corrected chi connectivity index (χ0v) is 17.3. The van der Waals surface area contributed by atoms with Crippen LogP contribution in [0.2, 0.25) is 0 Å². The Morgan fingerprint density at radius 2 is 1.86 bits per heavy atom. The minimum atomic E-state index is -3.49. The maximum absolute atomic E-state index is 12.5. The largest absolute Gasteiger partial charge is 0.481 e. The van der Waals surface area contributed by atoms with E-state index in [1.54, 1.807) is 56.3 Å². The Kier molecular flexibility index (Phi) is 8.01. The molecular formula is C22H24N2O4S. The van der Waals surface area contributed by atoms with Gasteiger partial charge < -0.3 is 10.1 Å². The Balaban J connectivity index is 2.03. The van der Waals surface area contributed by atoms with Crippen LogP contribution in [0.1, 0.15) is 19.4 Å². The summed E-state index contributed by atoms with van der Waals surface area (Å²) in [5.41, 5.74) is 1.29. The molecule has 0 heterocycles. The van der Waals surface area contributed by atoms with Crippen LogP contribution < -0.4 is 10.1 Å². The molecule has 0 unspecified atom stereocenters. The number of hydrogen-bond acceptors (Lipinski definition) is 4. The lowest BCUT2D eigenvalue weighted by Crippen LogP contribution is -2.30. The standard InChI is InChI=1S/C22H24N2O4S/c1-4-16-28-20-9-7-8-19(17-20)23-22(25)15-12-18-10-13-21(14-11-18)29(26,27)24(5-2)6-3/h1,7-15,17H,5-6,16H2,2-3H3,(H,23,25). The quantitative estimate of drug-likeness (QED) is 0.506. The first-order chi connectivity index (χ1) is 13.9. The van der Waals surface area contributed by atoms with Crippen LogP contribution in [0.25, 0.3) is 6.08 Å². The Bertz CT molecular complexity index is 1000. The molecule has 0 atom stereocenters. The second kappa shape index (κ2) is 10.5. The number of hydrogen-bond donors (Lipinski definition) is 1. The van der Waals surface area contributed by atoms with Gasteiger partial charge in [-0.15, -0.1) is 6.42 Å². The molecule has 1 N–H and O–H groups in total. The molecule has 2 aromatic carbocycles. The highest BCUT2D eigenvalue weighted by atomic mass is 32.2. The van der Waals surface area contributed by atoms with E-state index in [1.807, 2.05) is 0 Å². The monoisotopic (exact) mass is 412 g/mol. The summed E-state index contributed by atoms with van der Waals surface area (Å²) in [6.07, 6.45) is 8.15. The van der Waals surface area contributed by atoms with Crippen molar-refractivity contribution in [2.24, 2.45) is 0 Å². The Hall–Kier alpha value is -3.08. The first-order valence-electron chi connectivity index (χ1n) is 9.16. The predicted octanol–water partition coefficient (Wildman–Crippen LogP) is 3.38. The molecule has 0 aliphatic heterocycles. The van der Waals surface area contributed by atoms with Gasteiger partial charge in [-0.05, 0) is 35.9 Å². The summed E-state index contributed by atoms with van der Waals surface area (Å²) >= 11 is 0. The van der Waals surface area contributed by atoms with E-state index in [-0.39, 0.29) is 17.4 Å². The lowest BCUT2D eigenvalue weighted by Gasteiger charge is -2.18. The van der Waals surface area contributed by atoms with Crippen LogP contribution in [0.15, 0.2) is 59.5 Å². The molecule has 0 bridgehead atoms. The van der Waals surface area contributed by atoms with Gasteiger partial charge in [0.25, 0.3) is 0 Å². The van der Waals surface area contributed by atoms with E-state index >= 15 is 0 Å². The van der Waals surface area contributed by atoms with Crippen LogP contribution in [0.4, 0.5) is 5.69 Å². The third kappa shape index (κ3) is 6.21. The van der Waals surface area contributed by atoms with E-state index < -0.39 is 10.0 Å². The van der Waals surface area contributed by atoms with Gasteiger partial charge in [0.05, 0.1) is 4.90 Å². The molecule has 0 aliphatic rings. The van der Waals surface area contributed by atoms with Gasteiger partial charge in [0.1, 0.15) is 12.4 Å². The van der Waals surface area contributed by atoms with Crippen LogP contribution in [0, 0.1) is 12.3 Å². The van der Waals surface area contributed by atoms with Gasteiger partial charge in [0.15, 0.2) is 0 Å². The molecule has 6 nitrogen and oxygen atoms in total. The molecule has 0 aromatic heterocycles. The summed E-state index contributed by atoms with van der Waals surface area (Å²) in [6.45, 7) is 4.57. The lowest BCUT2D eigenvalue weighted by atomic mass is 10.2. The molecule has 0 aliphatic carbocycles. The van der Waals surface area contributed by atoms with Crippen LogP contribution in [0.5, 0.6) is 5.75 Å². The SMILES string of the molecule is C#CCOc1cccc(NC(=O)C=Cc2ccc(S(=O)(=O)N(CC)CC)cc2)c1. The molecule has 1 amide bonds. The first-order valence-corrected chi connectivity index (χ1v) is 10.6. The van der Waals surface area contributed by atoms with Gasteiger partial charge in [0.2, 0.25) is 15.9 Å².